The smallest absolute Gasteiger partial charge is 0.349 e. The highest BCUT2D eigenvalue weighted by molar-refractivity contribution is 5.88. The van der Waals surface area contributed by atoms with Crippen LogP contribution in [0, 0.1) is 28.5 Å². The van der Waals surface area contributed by atoms with Crippen LogP contribution in [0.5, 0.6) is 0 Å². The number of hydrogen-bond donors (Lipinski definition) is 1. The Morgan fingerprint density at radius 1 is 0.872 bits per heavy atom. The van der Waals surface area contributed by atoms with Crippen LogP contribution in [0.1, 0.15) is 40.2 Å². The molecule has 1 fully saturated rings. The van der Waals surface area contributed by atoms with Crippen molar-refractivity contribution in [2.75, 3.05) is 13.1 Å². The second kappa shape index (κ2) is 11.4. The molecule has 0 saturated carbocycles. The monoisotopic (exact) mass is 535 g/mol. The van der Waals surface area contributed by atoms with E-state index in [2.05, 4.69) is 9.88 Å². The lowest BCUT2D eigenvalue weighted by atomic mass is 9.87. The number of likely N-dealkylation sites (tertiary alicyclic amines) is 1. The van der Waals surface area contributed by atoms with E-state index in [0.29, 0.717) is 38.5 Å². The molecule has 3 aromatic carbocycles. The summed E-state index contributed by atoms with van der Waals surface area (Å²) < 4.78 is 56.7. The van der Waals surface area contributed by atoms with Gasteiger partial charge in [-0.2, -0.15) is 0 Å². The van der Waals surface area contributed by atoms with Crippen LogP contribution in [0.25, 0.3) is 11.1 Å². The van der Waals surface area contributed by atoms with Crippen molar-refractivity contribution in [2.24, 2.45) is 0 Å². The summed E-state index contributed by atoms with van der Waals surface area (Å²) in [5.74, 6) is -6.37. The van der Waals surface area contributed by atoms with E-state index >= 15 is 4.39 Å². The zero-order valence-corrected chi connectivity index (χ0v) is 20.8. The fourth-order valence-electron chi connectivity index (χ4n) is 5.04. The van der Waals surface area contributed by atoms with Gasteiger partial charge in [0.15, 0.2) is 17.5 Å². The summed E-state index contributed by atoms with van der Waals surface area (Å²) in [6.45, 7) is 1.70. The molecule has 1 amide bonds. The van der Waals surface area contributed by atoms with Crippen LogP contribution in [0.4, 0.5) is 23.2 Å². The molecular formula is C30H25F4N3O2. The maximum absolute atomic E-state index is 15.1. The third kappa shape index (κ3) is 5.75. The van der Waals surface area contributed by atoms with Gasteiger partial charge in [0.1, 0.15) is 11.5 Å². The third-order valence-electron chi connectivity index (χ3n) is 7.13. The van der Waals surface area contributed by atoms with Gasteiger partial charge < -0.3 is 5.21 Å². The Balaban J connectivity index is 1.29. The van der Waals surface area contributed by atoms with E-state index in [1.807, 2.05) is 24.3 Å². The van der Waals surface area contributed by atoms with Crippen LogP contribution in [0.15, 0.2) is 79.1 Å². The number of halogens is 4. The Kier molecular flexibility index (Phi) is 7.83. The summed E-state index contributed by atoms with van der Waals surface area (Å²) >= 11 is 0. The first kappa shape index (κ1) is 26.7. The summed E-state index contributed by atoms with van der Waals surface area (Å²) in [6.07, 6.45) is 3.47. The Hall–Kier alpha value is -3.92. The van der Waals surface area contributed by atoms with Gasteiger partial charge in [-0.15, -0.1) is 0 Å². The van der Waals surface area contributed by atoms with E-state index in [0.717, 1.165) is 16.7 Å². The molecule has 0 spiro atoms. The van der Waals surface area contributed by atoms with Crippen molar-refractivity contribution in [2.45, 2.75) is 25.3 Å². The number of benzene rings is 3. The lowest BCUT2D eigenvalue weighted by Crippen LogP contribution is -3.05. The average molecular weight is 536 g/mol. The third-order valence-corrected chi connectivity index (χ3v) is 7.13. The first-order valence-electron chi connectivity index (χ1n) is 12.6. The van der Waals surface area contributed by atoms with E-state index in [1.165, 1.54) is 36.7 Å². The van der Waals surface area contributed by atoms with Crippen molar-refractivity contribution >= 4 is 11.6 Å². The molecule has 1 aromatic heterocycles. The highest BCUT2D eigenvalue weighted by Gasteiger charge is 2.33. The minimum atomic E-state index is -1.65. The molecule has 1 N–H and O–H groups in total. The van der Waals surface area contributed by atoms with E-state index < -0.39 is 40.0 Å². The minimum Gasteiger partial charge on any atom is -0.621 e. The molecule has 1 unspecified atom stereocenters. The second-order valence-corrected chi connectivity index (χ2v) is 9.60. The highest BCUT2D eigenvalue weighted by Crippen LogP contribution is 2.36. The number of nitrogens with one attached hydrogen (secondary N) is 1. The number of pyridine rings is 1. The summed E-state index contributed by atoms with van der Waals surface area (Å²) in [6, 6.07) is 17.5. The molecule has 0 bridgehead atoms. The molecule has 5 rings (SSSR count). The van der Waals surface area contributed by atoms with Gasteiger partial charge in [-0.05, 0) is 72.8 Å². The average Bonchev–Trinajstić information content (AvgIpc) is 2.97. The van der Waals surface area contributed by atoms with Gasteiger partial charge in [0.2, 0.25) is 0 Å². The van der Waals surface area contributed by atoms with Gasteiger partial charge >= 0.3 is 5.91 Å². The lowest BCUT2D eigenvalue weighted by molar-refractivity contribution is -0.680. The van der Waals surface area contributed by atoms with Gasteiger partial charge in [-0.1, -0.05) is 36.4 Å². The predicted molar refractivity (Wildman–Crippen MR) is 138 cm³/mol. The largest absolute Gasteiger partial charge is 0.621 e. The SMILES string of the molecule is O=C(c1ccncc1)[NH+]([O-])c1cc(F)c(F)c(F)c1C1CCN(Cc2ccc(-c3ccc(F)cc3)cc2)CC1. The van der Waals surface area contributed by atoms with Gasteiger partial charge in [0, 0.05) is 25.0 Å². The van der Waals surface area contributed by atoms with Crippen LogP contribution in [-0.4, -0.2) is 28.9 Å². The summed E-state index contributed by atoms with van der Waals surface area (Å²) in [4.78, 5) is 18.7. The van der Waals surface area contributed by atoms with Crippen molar-refractivity contribution in [3.8, 4) is 11.1 Å². The fourth-order valence-corrected chi connectivity index (χ4v) is 5.04. The number of nitrogens with zero attached hydrogens (tertiary/aromatic N) is 2. The van der Waals surface area contributed by atoms with Crippen LogP contribution in [-0.2, 0) is 6.54 Å². The molecule has 9 heteroatoms. The molecule has 39 heavy (non-hydrogen) atoms. The molecule has 1 saturated heterocycles. The number of aromatic nitrogens is 1. The Morgan fingerprint density at radius 3 is 2.08 bits per heavy atom. The first-order valence-corrected chi connectivity index (χ1v) is 12.6. The Bertz CT molecular complexity index is 1460. The van der Waals surface area contributed by atoms with Gasteiger partial charge in [0.05, 0.1) is 11.1 Å². The maximum atomic E-state index is 15.1. The lowest BCUT2D eigenvalue weighted by Gasteiger charge is -2.34. The minimum absolute atomic E-state index is 0.0337. The first-order chi connectivity index (χ1) is 18.8. The van der Waals surface area contributed by atoms with Gasteiger partial charge in [0.25, 0.3) is 0 Å². The fraction of sp³-hybridized carbons (Fsp3) is 0.200. The molecule has 4 aromatic rings. The van der Waals surface area contributed by atoms with Crippen molar-refractivity contribution in [1.82, 2.24) is 9.88 Å². The van der Waals surface area contributed by atoms with Gasteiger partial charge in [-0.3, -0.25) is 14.9 Å². The van der Waals surface area contributed by atoms with E-state index in [1.54, 1.807) is 12.1 Å². The standard InChI is InChI=1S/C30H25F4N3O2/c31-24-7-5-21(6-8-24)20-3-1-19(2-4-20)18-36-15-11-22(12-16-36)27-26(17-25(32)28(33)29(27)34)37(39)30(38)23-9-13-35-14-10-23/h1-10,13-14,17,22,37H,11-12,15-16,18H2. The molecule has 1 aliphatic rings. The number of carbonyl (C=O) groups excluding carboxylic acids is 1. The molecule has 200 valence electrons. The van der Waals surface area contributed by atoms with Gasteiger partial charge in [-0.25, -0.2) is 22.4 Å². The molecule has 1 atom stereocenters. The van der Waals surface area contributed by atoms with E-state index in [4.69, 9.17) is 0 Å². The number of rotatable bonds is 6. The van der Waals surface area contributed by atoms with Crippen LogP contribution in [0.2, 0.25) is 0 Å². The topological polar surface area (TPSA) is 60.7 Å². The van der Waals surface area contributed by atoms with Crippen molar-refractivity contribution in [3.05, 3.63) is 124 Å². The van der Waals surface area contributed by atoms with Crippen LogP contribution >= 0.6 is 0 Å². The number of piperidine rings is 1. The van der Waals surface area contributed by atoms with Crippen molar-refractivity contribution in [1.29, 1.82) is 0 Å². The second-order valence-electron chi connectivity index (χ2n) is 9.60. The zero-order chi connectivity index (χ0) is 27.5. The Morgan fingerprint density at radius 2 is 1.46 bits per heavy atom. The molecule has 0 aliphatic carbocycles. The number of carbonyl (C=O) groups is 1. The van der Waals surface area contributed by atoms with Crippen molar-refractivity contribution < 1.29 is 27.4 Å². The molecule has 5 nitrogen and oxygen atoms in total. The molecule has 1 aliphatic heterocycles. The Labute approximate surface area is 222 Å². The van der Waals surface area contributed by atoms with E-state index in [9.17, 15) is 23.2 Å². The number of hydroxylamine groups is 1. The molecular weight excluding hydrogens is 510 g/mol. The quantitative estimate of drug-likeness (QED) is 0.200. The number of quaternary nitrogens is 1. The predicted octanol–water partition coefficient (Wildman–Crippen LogP) is 5.54. The molecule has 0 radical (unpaired) electrons. The highest BCUT2D eigenvalue weighted by atomic mass is 19.2. The summed E-state index contributed by atoms with van der Waals surface area (Å²) in [7, 11) is 0. The van der Waals surface area contributed by atoms with E-state index in [-0.39, 0.29) is 16.9 Å². The van der Waals surface area contributed by atoms with Crippen LogP contribution < -0.4 is 5.06 Å². The summed E-state index contributed by atoms with van der Waals surface area (Å²) in [5, 5.41) is 11.9. The zero-order valence-electron chi connectivity index (χ0n) is 20.8. The summed E-state index contributed by atoms with van der Waals surface area (Å²) in [5.41, 5.74) is 2.27. The number of amides is 1. The normalized spacial score (nSPS) is 15.3. The molecule has 2 heterocycles. The maximum Gasteiger partial charge on any atom is 0.349 e. The van der Waals surface area contributed by atoms with Crippen molar-refractivity contribution in [3.63, 3.8) is 0 Å². The van der Waals surface area contributed by atoms with Crippen LogP contribution in [0.3, 0.4) is 0 Å². The number of hydrogen-bond acceptors (Lipinski definition) is 4.